The second-order valence-corrected chi connectivity index (χ2v) is 5.00. The summed E-state index contributed by atoms with van der Waals surface area (Å²) in [7, 11) is 0. The molecule has 0 aromatic heterocycles. The topological polar surface area (TPSA) is 29.5 Å². The van der Waals surface area contributed by atoms with Gasteiger partial charge in [0.05, 0.1) is 6.61 Å². The van der Waals surface area contributed by atoms with Crippen molar-refractivity contribution in [2.45, 2.75) is 12.6 Å². The first kappa shape index (κ1) is 13.8. The lowest BCUT2D eigenvalue weighted by atomic mass is 10.1. The number of benzene rings is 2. The van der Waals surface area contributed by atoms with Crippen LogP contribution < -0.4 is 0 Å². The van der Waals surface area contributed by atoms with Gasteiger partial charge in [-0.3, -0.25) is 4.79 Å². The van der Waals surface area contributed by atoms with Gasteiger partial charge in [-0.25, -0.2) is 4.39 Å². The highest BCUT2D eigenvalue weighted by Crippen LogP contribution is 2.28. The van der Waals surface area contributed by atoms with E-state index < -0.39 is 6.23 Å². The number of hydrogen-bond acceptors (Lipinski definition) is 2. The second-order valence-electron chi connectivity index (χ2n) is 5.00. The Morgan fingerprint density at radius 2 is 1.95 bits per heavy atom. The van der Waals surface area contributed by atoms with Crippen LogP contribution in [0.2, 0.25) is 0 Å². The van der Waals surface area contributed by atoms with Crippen LogP contribution in [0.4, 0.5) is 4.39 Å². The third-order valence-electron chi connectivity index (χ3n) is 3.52. The molecule has 0 bridgehead atoms. The number of hydrogen-bond donors (Lipinski definition) is 0. The lowest BCUT2D eigenvalue weighted by Gasteiger charge is -2.36. The predicted octanol–water partition coefficient (Wildman–Crippen LogP) is 3.39. The summed E-state index contributed by atoms with van der Waals surface area (Å²) in [5, 5.41) is 0. The average molecular weight is 285 g/mol. The molecule has 0 unspecified atom stereocenters. The van der Waals surface area contributed by atoms with Crippen molar-refractivity contribution in [2.24, 2.45) is 0 Å². The van der Waals surface area contributed by atoms with Crippen LogP contribution in [-0.4, -0.2) is 24.0 Å². The molecule has 4 heteroatoms. The molecule has 1 aliphatic heterocycles. The molecule has 0 saturated carbocycles. The Balaban J connectivity index is 1.90. The zero-order valence-corrected chi connectivity index (χ0v) is 11.5. The Morgan fingerprint density at radius 3 is 2.71 bits per heavy atom. The number of carbonyl (C=O) groups excluding carboxylic acids is 1. The number of rotatable bonds is 2. The SMILES string of the molecule is O=C(c1ccccc1)N1CCCO[C@@H]1c1cccc(F)c1. The van der Waals surface area contributed by atoms with Crippen LogP contribution in [-0.2, 0) is 4.74 Å². The van der Waals surface area contributed by atoms with Crippen molar-refractivity contribution in [1.29, 1.82) is 0 Å². The van der Waals surface area contributed by atoms with Gasteiger partial charge >= 0.3 is 0 Å². The normalized spacial score (nSPS) is 18.5. The number of halogens is 1. The molecule has 108 valence electrons. The van der Waals surface area contributed by atoms with Crippen LogP contribution in [0, 0.1) is 5.82 Å². The van der Waals surface area contributed by atoms with E-state index in [0.717, 1.165) is 6.42 Å². The van der Waals surface area contributed by atoms with E-state index in [0.29, 0.717) is 24.3 Å². The Bertz CT molecular complexity index is 630. The second kappa shape index (κ2) is 6.06. The van der Waals surface area contributed by atoms with Crippen molar-refractivity contribution in [1.82, 2.24) is 4.90 Å². The van der Waals surface area contributed by atoms with Crippen molar-refractivity contribution >= 4 is 5.91 Å². The van der Waals surface area contributed by atoms with Crippen molar-refractivity contribution in [3.05, 3.63) is 71.5 Å². The zero-order chi connectivity index (χ0) is 14.7. The van der Waals surface area contributed by atoms with Crippen LogP contribution in [0.1, 0.15) is 28.6 Å². The molecule has 21 heavy (non-hydrogen) atoms. The molecule has 1 saturated heterocycles. The van der Waals surface area contributed by atoms with E-state index in [9.17, 15) is 9.18 Å². The van der Waals surface area contributed by atoms with E-state index >= 15 is 0 Å². The van der Waals surface area contributed by atoms with Gasteiger partial charge in [-0.1, -0.05) is 30.3 Å². The molecule has 0 spiro atoms. The van der Waals surface area contributed by atoms with Gasteiger partial charge in [0.2, 0.25) is 0 Å². The fourth-order valence-electron chi connectivity index (χ4n) is 2.53. The molecule has 1 heterocycles. The van der Waals surface area contributed by atoms with Gasteiger partial charge in [-0.2, -0.15) is 0 Å². The molecule has 1 aliphatic rings. The van der Waals surface area contributed by atoms with Crippen LogP contribution in [0.3, 0.4) is 0 Å². The fourth-order valence-corrected chi connectivity index (χ4v) is 2.53. The maximum atomic E-state index is 13.4. The Labute approximate surface area is 123 Å². The summed E-state index contributed by atoms with van der Waals surface area (Å²) in [5.41, 5.74) is 1.28. The van der Waals surface area contributed by atoms with Crippen molar-refractivity contribution < 1.29 is 13.9 Å². The molecule has 0 radical (unpaired) electrons. The maximum Gasteiger partial charge on any atom is 0.256 e. The molecule has 1 atom stereocenters. The number of carbonyl (C=O) groups is 1. The molecule has 3 nitrogen and oxygen atoms in total. The molecule has 1 fully saturated rings. The third-order valence-corrected chi connectivity index (χ3v) is 3.52. The standard InChI is InChI=1S/C17H16FNO2/c18-15-9-4-8-14(12-15)17-19(10-5-11-21-17)16(20)13-6-2-1-3-7-13/h1-4,6-9,12,17H,5,10-11H2/t17-/m1/s1. The lowest BCUT2D eigenvalue weighted by Crippen LogP contribution is -2.41. The number of amides is 1. The van der Waals surface area contributed by atoms with Crippen LogP contribution in [0.5, 0.6) is 0 Å². The third kappa shape index (κ3) is 2.95. The largest absolute Gasteiger partial charge is 0.354 e. The van der Waals surface area contributed by atoms with Gasteiger partial charge < -0.3 is 9.64 Å². The van der Waals surface area contributed by atoms with Crippen LogP contribution in [0.15, 0.2) is 54.6 Å². The molecule has 2 aromatic carbocycles. The molecule has 1 amide bonds. The minimum atomic E-state index is -0.526. The smallest absolute Gasteiger partial charge is 0.256 e. The van der Waals surface area contributed by atoms with Crippen molar-refractivity contribution in [3.8, 4) is 0 Å². The van der Waals surface area contributed by atoms with E-state index in [2.05, 4.69) is 0 Å². The molecular weight excluding hydrogens is 269 g/mol. The summed E-state index contributed by atoms with van der Waals surface area (Å²) >= 11 is 0. The summed E-state index contributed by atoms with van der Waals surface area (Å²) in [4.78, 5) is 14.3. The fraction of sp³-hybridized carbons (Fsp3) is 0.235. The Kier molecular flexibility index (Phi) is 3.97. The van der Waals surface area contributed by atoms with Gasteiger partial charge in [-0.15, -0.1) is 0 Å². The maximum absolute atomic E-state index is 13.4. The molecule has 2 aromatic rings. The van der Waals surface area contributed by atoms with Gasteiger partial charge in [0, 0.05) is 17.7 Å². The zero-order valence-electron chi connectivity index (χ0n) is 11.5. The first-order valence-corrected chi connectivity index (χ1v) is 6.99. The van der Waals surface area contributed by atoms with E-state index in [1.54, 1.807) is 29.2 Å². The summed E-state index contributed by atoms with van der Waals surface area (Å²) in [5.74, 6) is -0.418. The van der Waals surface area contributed by atoms with E-state index in [1.165, 1.54) is 12.1 Å². The lowest BCUT2D eigenvalue weighted by molar-refractivity contribution is -0.0800. The number of ether oxygens (including phenoxy) is 1. The summed E-state index contributed by atoms with van der Waals surface area (Å²) in [6.45, 7) is 1.18. The predicted molar refractivity (Wildman–Crippen MR) is 77.2 cm³/mol. The van der Waals surface area contributed by atoms with Crippen LogP contribution >= 0.6 is 0 Å². The highest BCUT2D eigenvalue weighted by atomic mass is 19.1. The van der Waals surface area contributed by atoms with Crippen molar-refractivity contribution in [2.75, 3.05) is 13.2 Å². The minimum Gasteiger partial charge on any atom is -0.354 e. The number of nitrogens with zero attached hydrogens (tertiary/aromatic N) is 1. The monoisotopic (exact) mass is 285 g/mol. The first-order chi connectivity index (χ1) is 10.3. The summed E-state index contributed by atoms with van der Waals surface area (Å²) < 4.78 is 19.1. The van der Waals surface area contributed by atoms with E-state index in [-0.39, 0.29) is 11.7 Å². The molecule has 0 aliphatic carbocycles. The molecule has 3 rings (SSSR count). The highest BCUT2D eigenvalue weighted by Gasteiger charge is 2.29. The molecular formula is C17H16FNO2. The Hall–Kier alpha value is -2.20. The van der Waals surface area contributed by atoms with E-state index in [1.807, 2.05) is 18.2 Å². The van der Waals surface area contributed by atoms with E-state index in [4.69, 9.17) is 4.74 Å². The average Bonchev–Trinajstić information content (AvgIpc) is 2.55. The Morgan fingerprint density at radius 1 is 1.14 bits per heavy atom. The van der Waals surface area contributed by atoms with Crippen LogP contribution in [0.25, 0.3) is 0 Å². The van der Waals surface area contributed by atoms with Crippen molar-refractivity contribution in [3.63, 3.8) is 0 Å². The molecule has 0 N–H and O–H groups in total. The summed E-state index contributed by atoms with van der Waals surface area (Å²) in [6, 6.07) is 15.3. The van der Waals surface area contributed by atoms with Gasteiger partial charge in [0.1, 0.15) is 5.82 Å². The minimum absolute atomic E-state index is 0.0930. The quantitative estimate of drug-likeness (QED) is 0.846. The van der Waals surface area contributed by atoms with Gasteiger partial charge in [0.15, 0.2) is 6.23 Å². The van der Waals surface area contributed by atoms with Gasteiger partial charge in [0.25, 0.3) is 5.91 Å². The summed E-state index contributed by atoms with van der Waals surface area (Å²) in [6.07, 6.45) is 0.256. The first-order valence-electron chi connectivity index (χ1n) is 6.99. The highest BCUT2D eigenvalue weighted by molar-refractivity contribution is 5.94. The van der Waals surface area contributed by atoms with Gasteiger partial charge in [-0.05, 0) is 30.7 Å².